The number of hydrogen-bond acceptors (Lipinski definition) is 7. The van der Waals surface area contributed by atoms with Crippen LogP contribution in [0, 0.1) is 0 Å². The van der Waals surface area contributed by atoms with Crippen molar-refractivity contribution >= 4 is 40.1 Å². The van der Waals surface area contributed by atoms with Crippen molar-refractivity contribution in [2.75, 3.05) is 11.9 Å². The molecular formula is C28H28ClN5O4. The SMILES string of the molecule is CC(=O)NC(C)[C@@H]1CC[C@@H](Nc2ncnc3[nH]cc(C(=O)c4ccc(Oc5ccccc5)cc4Cl)c23)CO1. The Kier molecular flexibility index (Phi) is 7.57. The van der Waals surface area contributed by atoms with Crippen LogP contribution in [0.2, 0.25) is 5.02 Å². The highest BCUT2D eigenvalue weighted by Crippen LogP contribution is 2.32. The Morgan fingerprint density at radius 1 is 1.11 bits per heavy atom. The second kappa shape index (κ2) is 11.2. The minimum atomic E-state index is -0.255. The van der Waals surface area contributed by atoms with Crippen LogP contribution in [0.15, 0.2) is 61.1 Å². The van der Waals surface area contributed by atoms with Crippen molar-refractivity contribution in [2.24, 2.45) is 0 Å². The first kappa shape index (κ1) is 25.7. The van der Waals surface area contributed by atoms with E-state index in [1.807, 2.05) is 37.3 Å². The maximum Gasteiger partial charge on any atom is 0.217 e. The Hall–Kier alpha value is -3.95. The molecule has 1 unspecified atom stereocenters. The van der Waals surface area contributed by atoms with Gasteiger partial charge in [0, 0.05) is 24.8 Å². The summed E-state index contributed by atoms with van der Waals surface area (Å²) in [4.78, 5) is 36.7. The summed E-state index contributed by atoms with van der Waals surface area (Å²) in [6.07, 6.45) is 4.62. The van der Waals surface area contributed by atoms with Gasteiger partial charge in [-0.2, -0.15) is 0 Å². The number of halogens is 1. The van der Waals surface area contributed by atoms with Crippen LogP contribution in [-0.4, -0.2) is 51.4 Å². The molecule has 0 bridgehead atoms. The number of amides is 1. The summed E-state index contributed by atoms with van der Waals surface area (Å²) in [5.41, 5.74) is 1.30. The highest BCUT2D eigenvalue weighted by atomic mass is 35.5. The molecule has 3 atom stereocenters. The Morgan fingerprint density at radius 3 is 2.63 bits per heavy atom. The smallest absolute Gasteiger partial charge is 0.217 e. The van der Waals surface area contributed by atoms with E-state index in [-0.39, 0.29) is 34.9 Å². The lowest BCUT2D eigenvalue weighted by atomic mass is 9.99. The van der Waals surface area contributed by atoms with E-state index in [0.29, 0.717) is 46.1 Å². The first-order chi connectivity index (χ1) is 18.4. The van der Waals surface area contributed by atoms with Gasteiger partial charge in [0.25, 0.3) is 0 Å². The van der Waals surface area contributed by atoms with Gasteiger partial charge in [-0.1, -0.05) is 29.8 Å². The zero-order valence-corrected chi connectivity index (χ0v) is 21.8. The molecule has 196 valence electrons. The summed E-state index contributed by atoms with van der Waals surface area (Å²) in [7, 11) is 0. The van der Waals surface area contributed by atoms with Crippen LogP contribution in [0.3, 0.4) is 0 Å². The van der Waals surface area contributed by atoms with E-state index < -0.39 is 0 Å². The molecule has 1 saturated heterocycles. The van der Waals surface area contributed by atoms with Crippen LogP contribution in [0.5, 0.6) is 11.5 Å². The van der Waals surface area contributed by atoms with Gasteiger partial charge in [-0.3, -0.25) is 9.59 Å². The quantitative estimate of drug-likeness (QED) is 0.269. The topological polar surface area (TPSA) is 118 Å². The van der Waals surface area contributed by atoms with Crippen LogP contribution in [0.25, 0.3) is 11.0 Å². The van der Waals surface area contributed by atoms with Crippen LogP contribution < -0.4 is 15.4 Å². The zero-order valence-electron chi connectivity index (χ0n) is 21.0. The summed E-state index contributed by atoms with van der Waals surface area (Å²) < 4.78 is 11.8. The molecule has 2 aromatic carbocycles. The fourth-order valence-electron chi connectivity index (χ4n) is 4.65. The standard InChI is InChI=1S/C28H28ClN5O4/c1-16(33-17(2)35)24-11-8-18(14-37-24)34-28-25-22(13-30-27(25)31-15-32-28)26(36)21-10-9-20(12-23(21)29)38-19-6-4-3-5-7-19/h3-7,9-10,12-13,15-16,18,24H,8,11,14H2,1-2H3,(H,33,35)(H2,30,31,32,34)/t16?,18-,24+/m1/s1. The number of aromatic amines is 1. The second-order valence-corrected chi connectivity index (χ2v) is 9.72. The molecule has 1 fully saturated rings. The number of anilines is 1. The molecular weight excluding hydrogens is 506 g/mol. The normalized spacial score (nSPS) is 18.1. The average molecular weight is 534 g/mol. The van der Waals surface area contributed by atoms with Crippen molar-refractivity contribution < 1.29 is 19.1 Å². The fraction of sp³-hybridized carbons (Fsp3) is 0.286. The Labute approximate surface area is 224 Å². The van der Waals surface area contributed by atoms with E-state index in [0.717, 1.165) is 12.8 Å². The summed E-state index contributed by atoms with van der Waals surface area (Å²) in [6, 6.07) is 14.3. The number of hydrogen-bond donors (Lipinski definition) is 3. The number of ketones is 1. The van der Waals surface area contributed by atoms with E-state index in [4.69, 9.17) is 21.1 Å². The molecule has 3 N–H and O–H groups in total. The molecule has 0 radical (unpaired) electrons. The summed E-state index contributed by atoms with van der Waals surface area (Å²) in [6.45, 7) is 3.89. The summed E-state index contributed by atoms with van der Waals surface area (Å²) in [5.74, 6) is 1.42. The van der Waals surface area contributed by atoms with E-state index in [1.54, 1.807) is 24.4 Å². The first-order valence-electron chi connectivity index (χ1n) is 12.4. The molecule has 38 heavy (non-hydrogen) atoms. The van der Waals surface area contributed by atoms with Crippen molar-refractivity contribution in [1.29, 1.82) is 0 Å². The monoisotopic (exact) mass is 533 g/mol. The number of nitrogens with zero attached hydrogens (tertiary/aromatic N) is 2. The maximum atomic E-state index is 13.6. The van der Waals surface area contributed by atoms with Crippen molar-refractivity contribution in [3.05, 3.63) is 77.2 Å². The predicted molar refractivity (Wildman–Crippen MR) is 145 cm³/mol. The van der Waals surface area contributed by atoms with Gasteiger partial charge >= 0.3 is 0 Å². The number of ether oxygens (including phenoxy) is 2. The second-order valence-electron chi connectivity index (χ2n) is 9.31. The third-order valence-electron chi connectivity index (χ3n) is 6.52. The Balaban J connectivity index is 1.33. The molecule has 4 aromatic rings. The highest BCUT2D eigenvalue weighted by Gasteiger charge is 2.28. The minimum absolute atomic E-state index is 0.00950. The summed E-state index contributed by atoms with van der Waals surface area (Å²) in [5, 5.41) is 7.18. The molecule has 0 aliphatic carbocycles. The molecule has 5 rings (SSSR count). The molecule has 0 saturated carbocycles. The molecule has 3 heterocycles. The Morgan fingerprint density at radius 2 is 1.92 bits per heavy atom. The molecule has 1 amide bonds. The number of aromatic nitrogens is 3. The van der Waals surface area contributed by atoms with Gasteiger partial charge in [-0.15, -0.1) is 0 Å². The van der Waals surface area contributed by atoms with Crippen molar-refractivity contribution in [3.8, 4) is 11.5 Å². The number of fused-ring (bicyclic) bond motifs is 1. The lowest BCUT2D eigenvalue weighted by molar-refractivity contribution is -0.121. The number of rotatable bonds is 8. The van der Waals surface area contributed by atoms with Crippen LogP contribution in [0.1, 0.15) is 42.6 Å². The number of carbonyl (C=O) groups excluding carboxylic acids is 2. The van der Waals surface area contributed by atoms with Crippen LogP contribution in [-0.2, 0) is 9.53 Å². The number of carbonyl (C=O) groups is 2. The largest absolute Gasteiger partial charge is 0.457 e. The van der Waals surface area contributed by atoms with Gasteiger partial charge < -0.3 is 25.1 Å². The van der Waals surface area contributed by atoms with E-state index in [9.17, 15) is 9.59 Å². The minimum Gasteiger partial charge on any atom is -0.457 e. The average Bonchev–Trinajstić information content (AvgIpc) is 3.34. The first-order valence-corrected chi connectivity index (χ1v) is 12.8. The van der Waals surface area contributed by atoms with Gasteiger partial charge in [-0.05, 0) is 44.0 Å². The fourth-order valence-corrected chi connectivity index (χ4v) is 4.91. The number of nitrogens with one attached hydrogen (secondary N) is 3. The predicted octanol–water partition coefficient (Wildman–Crippen LogP) is 5.12. The van der Waals surface area contributed by atoms with E-state index in [1.165, 1.54) is 13.3 Å². The van der Waals surface area contributed by atoms with Gasteiger partial charge in [0.05, 0.1) is 40.8 Å². The van der Waals surface area contributed by atoms with Gasteiger partial charge in [-0.25, -0.2) is 9.97 Å². The molecule has 1 aliphatic heterocycles. The zero-order chi connectivity index (χ0) is 26.6. The maximum absolute atomic E-state index is 13.6. The van der Waals surface area contributed by atoms with Crippen molar-refractivity contribution in [3.63, 3.8) is 0 Å². The third-order valence-corrected chi connectivity index (χ3v) is 6.83. The lowest BCUT2D eigenvalue weighted by Gasteiger charge is -2.33. The van der Waals surface area contributed by atoms with E-state index in [2.05, 4.69) is 25.6 Å². The molecule has 9 nitrogen and oxygen atoms in total. The van der Waals surface area contributed by atoms with Crippen molar-refractivity contribution in [2.45, 2.75) is 44.9 Å². The van der Waals surface area contributed by atoms with Gasteiger partial charge in [0.1, 0.15) is 29.3 Å². The summed E-state index contributed by atoms with van der Waals surface area (Å²) >= 11 is 6.52. The molecule has 0 spiro atoms. The van der Waals surface area contributed by atoms with Gasteiger partial charge in [0.2, 0.25) is 5.91 Å². The highest BCUT2D eigenvalue weighted by molar-refractivity contribution is 6.35. The van der Waals surface area contributed by atoms with Crippen LogP contribution in [0.4, 0.5) is 5.82 Å². The number of para-hydroxylation sites is 1. The van der Waals surface area contributed by atoms with Crippen molar-refractivity contribution in [1.82, 2.24) is 20.3 Å². The molecule has 10 heteroatoms. The number of H-pyrrole nitrogens is 1. The molecule has 2 aromatic heterocycles. The third kappa shape index (κ3) is 5.64. The van der Waals surface area contributed by atoms with Crippen LogP contribution >= 0.6 is 11.6 Å². The lowest BCUT2D eigenvalue weighted by Crippen LogP contribution is -2.46. The van der Waals surface area contributed by atoms with E-state index >= 15 is 0 Å². The number of benzene rings is 2. The van der Waals surface area contributed by atoms with Gasteiger partial charge in [0.15, 0.2) is 5.78 Å². The molecule has 1 aliphatic rings. The Bertz CT molecular complexity index is 1450.